The van der Waals surface area contributed by atoms with E-state index in [-0.39, 0.29) is 23.4 Å². The lowest BCUT2D eigenvalue weighted by atomic mass is 10.1. The van der Waals surface area contributed by atoms with Crippen LogP contribution in [0, 0.1) is 0 Å². The molecule has 0 saturated heterocycles. The monoisotopic (exact) mass is 716 g/mol. The molecule has 0 aliphatic rings. The van der Waals surface area contributed by atoms with Crippen LogP contribution in [0.1, 0.15) is 91.5 Å². The first-order valence-corrected chi connectivity index (χ1v) is 20.0. The number of hydrogen-bond donors (Lipinski definition) is 1. The zero-order valence-electron chi connectivity index (χ0n) is 32.0. The van der Waals surface area contributed by atoms with Gasteiger partial charge in [0.15, 0.2) is 8.32 Å². The topological polar surface area (TPSA) is 138 Å². The van der Waals surface area contributed by atoms with Crippen LogP contribution in [0.15, 0.2) is 61.2 Å². The van der Waals surface area contributed by atoms with E-state index in [0.717, 1.165) is 5.56 Å². The Hall–Kier alpha value is -4.62. The molecular weight excluding hydrogens is 665 g/mol. The van der Waals surface area contributed by atoms with Crippen LogP contribution in [0.3, 0.4) is 0 Å². The lowest BCUT2D eigenvalue weighted by Crippen LogP contribution is -2.44. The van der Waals surface area contributed by atoms with Gasteiger partial charge in [0, 0.05) is 35.1 Å². The summed E-state index contributed by atoms with van der Waals surface area (Å²) in [5, 5.41) is 3.45. The molecule has 3 aromatic heterocycles. The number of carbonyl (C=O) groups is 3. The molecule has 1 aromatic carbocycles. The van der Waals surface area contributed by atoms with Crippen molar-refractivity contribution in [2.24, 2.45) is 0 Å². The summed E-state index contributed by atoms with van der Waals surface area (Å²) in [6.07, 6.45) is 4.99. The van der Waals surface area contributed by atoms with Crippen LogP contribution < -0.4 is 10.2 Å². The van der Waals surface area contributed by atoms with Crippen LogP contribution in [0.25, 0.3) is 22.2 Å². The highest BCUT2D eigenvalue weighted by molar-refractivity contribution is 6.74. The summed E-state index contributed by atoms with van der Waals surface area (Å²) in [6.45, 7) is 24.0. The number of rotatable bonds is 9. The van der Waals surface area contributed by atoms with Crippen molar-refractivity contribution < 1.29 is 28.3 Å². The summed E-state index contributed by atoms with van der Waals surface area (Å²) in [7, 11) is -2.11. The molecule has 13 heteroatoms. The SMILES string of the molecule is C[C@H](NC(=O)c1ncc(-c2cn(C(=O)OC(C)(C)C)c3ncc(N(CCO[Si](C)(C)C(C)(C)C)C(=O)OC(C)(C)C)cc23)cn1)c1ccccc1. The Morgan fingerprint density at radius 3 is 2.06 bits per heavy atom. The molecule has 274 valence electrons. The molecule has 0 spiro atoms. The van der Waals surface area contributed by atoms with E-state index in [1.165, 1.54) is 28.1 Å². The number of benzene rings is 1. The average molecular weight is 717 g/mol. The van der Waals surface area contributed by atoms with Crippen LogP contribution in [0.2, 0.25) is 18.1 Å². The number of fused-ring (bicyclic) bond motifs is 1. The summed E-state index contributed by atoms with van der Waals surface area (Å²) in [5.41, 5.74) is 1.28. The molecule has 0 aliphatic heterocycles. The zero-order valence-corrected chi connectivity index (χ0v) is 33.0. The maximum Gasteiger partial charge on any atom is 0.420 e. The average Bonchev–Trinajstić information content (AvgIpc) is 3.40. The second kappa shape index (κ2) is 14.9. The minimum absolute atomic E-state index is 0.00550. The molecule has 51 heavy (non-hydrogen) atoms. The number of anilines is 1. The third kappa shape index (κ3) is 10.0. The highest BCUT2D eigenvalue weighted by atomic mass is 28.4. The van der Waals surface area contributed by atoms with Crippen molar-refractivity contribution in [3.8, 4) is 11.1 Å². The summed E-state index contributed by atoms with van der Waals surface area (Å²) in [5.74, 6) is -0.431. The van der Waals surface area contributed by atoms with Crippen molar-refractivity contribution in [3.05, 3.63) is 72.6 Å². The molecule has 0 aliphatic carbocycles. The van der Waals surface area contributed by atoms with Gasteiger partial charge in [0.05, 0.1) is 31.1 Å². The van der Waals surface area contributed by atoms with E-state index in [1.54, 1.807) is 33.0 Å². The van der Waals surface area contributed by atoms with Crippen molar-refractivity contribution in [1.29, 1.82) is 0 Å². The molecule has 0 unspecified atom stereocenters. The van der Waals surface area contributed by atoms with Crippen molar-refractivity contribution >= 4 is 43.1 Å². The van der Waals surface area contributed by atoms with Gasteiger partial charge in [0.25, 0.3) is 5.91 Å². The van der Waals surface area contributed by atoms with Gasteiger partial charge >= 0.3 is 12.2 Å². The highest BCUT2D eigenvalue weighted by Gasteiger charge is 2.37. The van der Waals surface area contributed by atoms with E-state index in [1.807, 2.05) is 58.0 Å². The molecule has 0 saturated carbocycles. The number of aromatic nitrogens is 4. The Morgan fingerprint density at radius 1 is 0.882 bits per heavy atom. The first kappa shape index (κ1) is 39.2. The zero-order chi connectivity index (χ0) is 37.9. The second-order valence-electron chi connectivity index (χ2n) is 16.1. The molecular formula is C38H52N6O6Si. The van der Waals surface area contributed by atoms with Crippen LogP contribution in [-0.4, -0.2) is 70.3 Å². The van der Waals surface area contributed by atoms with Crippen molar-refractivity contribution in [1.82, 2.24) is 24.8 Å². The Kier molecular flexibility index (Phi) is 11.5. The molecule has 1 atom stereocenters. The van der Waals surface area contributed by atoms with Gasteiger partial charge in [-0.25, -0.2) is 29.1 Å². The summed E-state index contributed by atoms with van der Waals surface area (Å²) in [4.78, 5) is 55.0. The molecule has 0 radical (unpaired) electrons. The van der Waals surface area contributed by atoms with Crippen molar-refractivity contribution in [2.45, 2.75) is 105 Å². The first-order chi connectivity index (χ1) is 23.6. The standard InChI is InChI=1S/C38H52N6O6Si/c1-25(26-16-14-13-15-17-26)42-33(45)31-39-21-27(22-40-31)30-24-44(35(47)50-37(5,6)7)32-29(30)20-28(23-41-32)43(34(46)49-36(2,3)4)18-19-48-51(11,12)38(8,9)10/h13-17,20-25H,18-19H2,1-12H3,(H,42,45)/t25-/m0/s1. The van der Waals surface area contributed by atoms with E-state index in [4.69, 9.17) is 13.9 Å². The molecule has 4 aromatic rings. The maximum absolute atomic E-state index is 13.6. The fraction of sp³-hybridized carbons (Fsp3) is 0.474. The van der Waals surface area contributed by atoms with Gasteiger partial charge in [0.1, 0.15) is 16.8 Å². The van der Waals surface area contributed by atoms with Crippen molar-refractivity contribution in [2.75, 3.05) is 18.1 Å². The number of nitrogens with zero attached hydrogens (tertiary/aromatic N) is 5. The molecule has 0 bridgehead atoms. The number of amides is 2. The lowest BCUT2D eigenvalue weighted by molar-refractivity contribution is 0.0539. The van der Waals surface area contributed by atoms with E-state index < -0.39 is 37.6 Å². The maximum atomic E-state index is 13.6. The Morgan fingerprint density at radius 2 is 1.49 bits per heavy atom. The third-order valence-electron chi connectivity index (χ3n) is 8.54. The number of carbonyl (C=O) groups excluding carboxylic acids is 3. The third-order valence-corrected chi connectivity index (χ3v) is 13.1. The van der Waals surface area contributed by atoms with Crippen LogP contribution in [0.4, 0.5) is 15.3 Å². The summed E-state index contributed by atoms with van der Waals surface area (Å²) in [6, 6.07) is 11.1. The minimum Gasteiger partial charge on any atom is -0.443 e. The minimum atomic E-state index is -2.11. The van der Waals surface area contributed by atoms with E-state index in [2.05, 4.69) is 54.1 Å². The molecule has 0 fully saturated rings. The van der Waals surface area contributed by atoms with Gasteiger partial charge in [-0.15, -0.1) is 0 Å². The molecule has 1 N–H and O–H groups in total. The Balaban J connectivity index is 1.74. The van der Waals surface area contributed by atoms with Crippen LogP contribution in [0.5, 0.6) is 0 Å². The van der Waals surface area contributed by atoms with Gasteiger partial charge in [-0.2, -0.15) is 0 Å². The fourth-order valence-electron chi connectivity index (χ4n) is 4.85. The van der Waals surface area contributed by atoms with Crippen LogP contribution in [-0.2, 0) is 13.9 Å². The quantitative estimate of drug-likeness (QED) is 0.169. The van der Waals surface area contributed by atoms with E-state index in [9.17, 15) is 14.4 Å². The van der Waals surface area contributed by atoms with Crippen LogP contribution >= 0.6 is 0 Å². The number of nitrogens with one attached hydrogen (secondary N) is 1. The molecule has 4 rings (SSSR count). The highest BCUT2D eigenvalue weighted by Crippen LogP contribution is 2.37. The van der Waals surface area contributed by atoms with Crippen molar-refractivity contribution in [3.63, 3.8) is 0 Å². The smallest absolute Gasteiger partial charge is 0.420 e. The van der Waals surface area contributed by atoms with Gasteiger partial charge in [0.2, 0.25) is 5.82 Å². The van der Waals surface area contributed by atoms with Gasteiger partial charge < -0.3 is 19.2 Å². The molecule has 12 nitrogen and oxygen atoms in total. The number of pyridine rings is 1. The molecule has 3 heterocycles. The lowest BCUT2D eigenvalue weighted by Gasteiger charge is -2.37. The second-order valence-corrected chi connectivity index (χ2v) is 20.9. The first-order valence-electron chi connectivity index (χ1n) is 17.1. The van der Waals surface area contributed by atoms with Gasteiger partial charge in [-0.05, 0) is 78.2 Å². The fourth-order valence-corrected chi connectivity index (χ4v) is 5.88. The largest absolute Gasteiger partial charge is 0.443 e. The normalized spacial score (nSPS) is 13.1. The predicted molar refractivity (Wildman–Crippen MR) is 201 cm³/mol. The van der Waals surface area contributed by atoms with E-state index in [0.29, 0.717) is 34.5 Å². The van der Waals surface area contributed by atoms with E-state index >= 15 is 0 Å². The Bertz CT molecular complexity index is 1850. The predicted octanol–water partition coefficient (Wildman–Crippen LogP) is 8.53. The number of ether oxygens (including phenoxy) is 2. The van der Waals surface area contributed by atoms with Gasteiger partial charge in [-0.1, -0.05) is 51.1 Å². The number of hydrogen-bond acceptors (Lipinski definition) is 9. The Labute approximate surface area is 302 Å². The summed E-state index contributed by atoms with van der Waals surface area (Å²) < 4.78 is 19.2. The molecule has 2 amide bonds. The summed E-state index contributed by atoms with van der Waals surface area (Å²) >= 11 is 0. The van der Waals surface area contributed by atoms with Gasteiger partial charge in [-0.3, -0.25) is 9.69 Å².